The molecule has 0 aliphatic carbocycles. The number of nitrogens with one attached hydrogen (secondary N) is 1. The topological polar surface area (TPSA) is 71.2 Å². The average Bonchev–Trinajstić information content (AvgIpc) is 2.61. The zero-order valence-corrected chi connectivity index (χ0v) is 14.0. The summed E-state index contributed by atoms with van der Waals surface area (Å²) in [5.41, 5.74) is 9.54. The van der Waals surface area contributed by atoms with Gasteiger partial charge in [0.25, 0.3) is 5.91 Å². The lowest BCUT2D eigenvalue weighted by Gasteiger charge is -2.35. The Hall–Kier alpha value is -2.40. The van der Waals surface area contributed by atoms with E-state index in [1.165, 1.54) is 11.1 Å². The van der Waals surface area contributed by atoms with Crippen molar-refractivity contribution in [2.24, 2.45) is 5.73 Å². The predicted molar refractivity (Wildman–Crippen MR) is 96.0 cm³/mol. The molecular formula is C19H24N4O. The van der Waals surface area contributed by atoms with Crippen molar-refractivity contribution < 1.29 is 4.79 Å². The smallest absolute Gasteiger partial charge is 0.250 e. The summed E-state index contributed by atoms with van der Waals surface area (Å²) in [6.07, 6.45) is 5.97. The number of carbonyl (C=O) groups excluding carboxylic acids is 1. The number of hydrogen-bond acceptors (Lipinski definition) is 4. The number of anilines is 1. The predicted octanol–water partition coefficient (Wildman–Crippen LogP) is 2.25. The van der Waals surface area contributed by atoms with Gasteiger partial charge in [0, 0.05) is 43.8 Å². The van der Waals surface area contributed by atoms with Gasteiger partial charge in [0.2, 0.25) is 0 Å². The number of amides is 1. The van der Waals surface area contributed by atoms with Crippen LogP contribution in [0.5, 0.6) is 0 Å². The molecule has 0 radical (unpaired) electrons. The second-order valence-electron chi connectivity index (χ2n) is 6.35. The van der Waals surface area contributed by atoms with Crippen LogP contribution in [-0.2, 0) is 6.54 Å². The Morgan fingerprint density at radius 3 is 3.00 bits per heavy atom. The van der Waals surface area contributed by atoms with Gasteiger partial charge in [-0.3, -0.25) is 9.78 Å². The van der Waals surface area contributed by atoms with Gasteiger partial charge < -0.3 is 16.0 Å². The van der Waals surface area contributed by atoms with Crippen LogP contribution in [-0.4, -0.2) is 30.0 Å². The number of pyridine rings is 1. The van der Waals surface area contributed by atoms with E-state index in [0.717, 1.165) is 38.2 Å². The second kappa shape index (κ2) is 7.45. The fourth-order valence-electron chi connectivity index (χ4n) is 3.26. The first-order valence-electron chi connectivity index (χ1n) is 8.42. The number of hydrogen-bond donors (Lipinski definition) is 2. The minimum Gasteiger partial charge on any atom is -0.369 e. The number of carbonyl (C=O) groups is 1. The van der Waals surface area contributed by atoms with Gasteiger partial charge in [0.15, 0.2) is 0 Å². The third kappa shape index (κ3) is 3.74. The largest absolute Gasteiger partial charge is 0.369 e. The van der Waals surface area contributed by atoms with E-state index in [2.05, 4.69) is 22.1 Å². The Labute approximate surface area is 142 Å². The average molecular weight is 324 g/mol. The molecule has 1 aromatic carbocycles. The Morgan fingerprint density at radius 2 is 2.21 bits per heavy atom. The van der Waals surface area contributed by atoms with Crippen molar-refractivity contribution in [3.05, 3.63) is 59.4 Å². The van der Waals surface area contributed by atoms with Crippen LogP contribution < -0.4 is 16.0 Å². The zero-order chi connectivity index (χ0) is 16.9. The number of aromatic nitrogens is 1. The maximum atomic E-state index is 11.7. The molecule has 2 aromatic rings. The summed E-state index contributed by atoms with van der Waals surface area (Å²) in [5, 5.41) is 3.63. The van der Waals surface area contributed by atoms with Crippen LogP contribution in [0.25, 0.3) is 0 Å². The van der Waals surface area contributed by atoms with E-state index in [1.807, 2.05) is 36.7 Å². The van der Waals surface area contributed by atoms with Gasteiger partial charge in [-0.2, -0.15) is 0 Å². The summed E-state index contributed by atoms with van der Waals surface area (Å²) in [6, 6.07) is 10.0. The molecule has 0 spiro atoms. The molecule has 3 N–H and O–H groups in total. The van der Waals surface area contributed by atoms with Crippen LogP contribution in [0.4, 0.5) is 5.69 Å². The van der Waals surface area contributed by atoms with Gasteiger partial charge in [-0.05, 0) is 49.1 Å². The molecule has 0 saturated carbocycles. The maximum absolute atomic E-state index is 11.7. The molecule has 1 aliphatic heterocycles. The van der Waals surface area contributed by atoms with E-state index in [1.54, 1.807) is 6.07 Å². The maximum Gasteiger partial charge on any atom is 0.250 e. The van der Waals surface area contributed by atoms with E-state index in [-0.39, 0.29) is 5.91 Å². The first-order valence-corrected chi connectivity index (χ1v) is 8.42. The molecule has 1 fully saturated rings. The minimum atomic E-state index is -0.369. The number of piperidine rings is 1. The molecule has 1 aliphatic rings. The molecule has 3 rings (SSSR count). The summed E-state index contributed by atoms with van der Waals surface area (Å²) in [6.45, 7) is 4.75. The number of nitrogens with zero attached hydrogens (tertiary/aromatic N) is 2. The van der Waals surface area contributed by atoms with E-state index in [0.29, 0.717) is 11.6 Å². The fourth-order valence-corrected chi connectivity index (χ4v) is 3.26. The molecule has 5 heteroatoms. The fraction of sp³-hybridized carbons (Fsp3) is 0.368. The van der Waals surface area contributed by atoms with Crippen LogP contribution in [0.2, 0.25) is 0 Å². The molecule has 5 nitrogen and oxygen atoms in total. The molecule has 1 aromatic heterocycles. The monoisotopic (exact) mass is 324 g/mol. The van der Waals surface area contributed by atoms with E-state index < -0.39 is 0 Å². The number of aryl methyl sites for hydroxylation is 1. The quantitative estimate of drug-likeness (QED) is 0.885. The first-order chi connectivity index (χ1) is 11.6. The number of primary amides is 1. The molecule has 0 bridgehead atoms. The SMILES string of the molecule is Cc1ccncc1CNC1CCCN(c2ccccc2C(N)=O)C1. The van der Waals surface area contributed by atoms with Gasteiger partial charge in [0.1, 0.15) is 0 Å². The lowest BCUT2D eigenvalue weighted by molar-refractivity contribution is 0.100. The van der Waals surface area contributed by atoms with Gasteiger partial charge in [-0.1, -0.05) is 12.1 Å². The first kappa shape index (κ1) is 16.5. The van der Waals surface area contributed by atoms with Crippen molar-refractivity contribution in [1.29, 1.82) is 0 Å². The number of para-hydroxylation sites is 1. The van der Waals surface area contributed by atoms with Crippen LogP contribution in [0, 0.1) is 6.92 Å². The van der Waals surface area contributed by atoms with Crippen LogP contribution in [0.15, 0.2) is 42.7 Å². The Bertz CT molecular complexity index is 716. The highest BCUT2D eigenvalue weighted by Gasteiger charge is 2.22. The number of rotatable bonds is 5. The number of benzene rings is 1. The van der Waals surface area contributed by atoms with Gasteiger partial charge in [0.05, 0.1) is 5.56 Å². The molecule has 1 saturated heterocycles. The van der Waals surface area contributed by atoms with Crippen LogP contribution >= 0.6 is 0 Å². The lowest BCUT2D eigenvalue weighted by Crippen LogP contribution is -2.46. The van der Waals surface area contributed by atoms with E-state index in [4.69, 9.17) is 5.73 Å². The van der Waals surface area contributed by atoms with Gasteiger partial charge in [-0.15, -0.1) is 0 Å². The third-order valence-corrected chi connectivity index (χ3v) is 4.66. The highest BCUT2D eigenvalue weighted by Crippen LogP contribution is 2.24. The molecule has 1 amide bonds. The molecule has 1 atom stereocenters. The summed E-state index contributed by atoms with van der Waals surface area (Å²) < 4.78 is 0. The van der Waals surface area contributed by atoms with Crippen LogP contribution in [0.3, 0.4) is 0 Å². The molecule has 24 heavy (non-hydrogen) atoms. The standard InChI is InChI=1S/C19H24N4O/c1-14-8-9-21-11-15(14)12-22-16-5-4-10-23(13-16)18-7-3-2-6-17(18)19(20)24/h2-3,6-9,11,16,22H,4-5,10,12-13H2,1H3,(H2,20,24). The van der Waals surface area contributed by atoms with Crippen molar-refractivity contribution in [2.75, 3.05) is 18.0 Å². The molecule has 126 valence electrons. The van der Waals surface area contributed by atoms with E-state index >= 15 is 0 Å². The summed E-state index contributed by atoms with van der Waals surface area (Å²) in [7, 11) is 0. The van der Waals surface area contributed by atoms with Crippen LogP contribution in [0.1, 0.15) is 34.3 Å². The third-order valence-electron chi connectivity index (χ3n) is 4.66. The van der Waals surface area contributed by atoms with Crippen molar-refractivity contribution in [3.8, 4) is 0 Å². The Morgan fingerprint density at radius 1 is 1.38 bits per heavy atom. The van der Waals surface area contributed by atoms with Crippen molar-refractivity contribution in [1.82, 2.24) is 10.3 Å². The van der Waals surface area contributed by atoms with Crippen molar-refractivity contribution >= 4 is 11.6 Å². The molecular weight excluding hydrogens is 300 g/mol. The summed E-state index contributed by atoms with van der Waals surface area (Å²) >= 11 is 0. The van der Waals surface area contributed by atoms with E-state index in [9.17, 15) is 4.79 Å². The van der Waals surface area contributed by atoms with Gasteiger partial charge in [-0.25, -0.2) is 0 Å². The second-order valence-corrected chi connectivity index (χ2v) is 6.35. The minimum absolute atomic E-state index is 0.369. The molecule has 1 unspecified atom stereocenters. The zero-order valence-electron chi connectivity index (χ0n) is 14.0. The summed E-state index contributed by atoms with van der Waals surface area (Å²) in [4.78, 5) is 18.1. The van der Waals surface area contributed by atoms with Crippen molar-refractivity contribution in [3.63, 3.8) is 0 Å². The number of nitrogens with two attached hydrogens (primary N) is 1. The van der Waals surface area contributed by atoms with Gasteiger partial charge >= 0.3 is 0 Å². The molecule has 2 heterocycles. The van der Waals surface area contributed by atoms with Crippen molar-refractivity contribution in [2.45, 2.75) is 32.4 Å². The Kier molecular flexibility index (Phi) is 5.11. The highest BCUT2D eigenvalue weighted by molar-refractivity contribution is 5.98. The lowest BCUT2D eigenvalue weighted by atomic mass is 10.0. The Balaban J connectivity index is 1.67. The summed E-state index contributed by atoms with van der Waals surface area (Å²) in [5.74, 6) is -0.369. The normalized spacial score (nSPS) is 17.7. The highest BCUT2D eigenvalue weighted by atomic mass is 16.1.